The minimum atomic E-state index is -0.629. The molecule has 118 valence electrons. The Kier molecular flexibility index (Phi) is 5.49. The number of nitrogens with zero attached hydrogens (tertiary/aromatic N) is 2. The van der Waals surface area contributed by atoms with Gasteiger partial charge in [-0.15, -0.1) is 0 Å². The number of H-pyrrole nitrogens is 1. The first kappa shape index (κ1) is 16.7. The number of anilines is 1. The number of carbonyl (C=O) groups is 2. The SMILES string of the molecule is CCOC(=O)c1[nH]c(-c2ccc(Br)cc2)nc1NC(=O)CC#N. The third-order valence-electron chi connectivity index (χ3n) is 2.80. The van der Waals surface area contributed by atoms with Gasteiger partial charge in [-0.05, 0) is 19.1 Å². The van der Waals surface area contributed by atoms with Crippen molar-refractivity contribution in [3.05, 3.63) is 34.4 Å². The summed E-state index contributed by atoms with van der Waals surface area (Å²) in [6.07, 6.45) is -0.331. The maximum atomic E-state index is 12.0. The molecule has 2 aromatic rings. The van der Waals surface area contributed by atoms with Crippen LogP contribution in [0.5, 0.6) is 0 Å². The molecule has 7 nitrogen and oxygen atoms in total. The average molecular weight is 377 g/mol. The Morgan fingerprint density at radius 3 is 2.70 bits per heavy atom. The fourth-order valence-corrected chi connectivity index (χ4v) is 2.07. The van der Waals surface area contributed by atoms with Crippen LogP contribution >= 0.6 is 15.9 Å². The van der Waals surface area contributed by atoms with Crippen molar-refractivity contribution in [1.29, 1.82) is 5.26 Å². The zero-order valence-electron chi connectivity index (χ0n) is 12.2. The first-order valence-corrected chi connectivity index (χ1v) is 7.54. The molecule has 0 radical (unpaired) electrons. The molecular formula is C15H13BrN4O3. The molecule has 0 aliphatic heterocycles. The molecule has 0 bridgehead atoms. The molecule has 1 aromatic carbocycles. The molecule has 0 spiro atoms. The maximum Gasteiger partial charge on any atom is 0.358 e. The van der Waals surface area contributed by atoms with Crippen LogP contribution in [0.2, 0.25) is 0 Å². The van der Waals surface area contributed by atoms with E-state index < -0.39 is 11.9 Å². The monoisotopic (exact) mass is 376 g/mol. The third-order valence-corrected chi connectivity index (χ3v) is 3.33. The van der Waals surface area contributed by atoms with Crippen molar-refractivity contribution in [1.82, 2.24) is 9.97 Å². The molecule has 1 aromatic heterocycles. The maximum absolute atomic E-state index is 12.0. The molecule has 0 aliphatic carbocycles. The van der Waals surface area contributed by atoms with Crippen LogP contribution in [0.25, 0.3) is 11.4 Å². The molecule has 23 heavy (non-hydrogen) atoms. The van der Waals surface area contributed by atoms with Crippen LogP contribution in [-0.4, -0.2) is 28.5 Å². The smallest absolute Gasteiger partial charge is 0.358 e. The van der Waals surface area contributed by atoms with Gasteiger partial charge in [-0.1, -0.05) is 28.1 Å². The Bertz CT molecular complexity index is 762. The highest BCUT2D eigenvalue weighted by atomic mass is 79.9. The lowest BCUT2D eigenvalue weighted by Gasteiger charge is -2.02. The van der Waals surface area contributed by atoms with E-state index in [1.165, 1.54) is 0 Å². The number of halogens is 1. The summed E-state index contributed by atoms with van der Waals surface area (Å²) in [6.45, 7) is 1.87. The number of hydrogen-bond donors (Lipinski definition) is 2. The summed E-state index contributed by atoms with van der Waals surface area (Å²) in [6, 6.07) is 9.00. The molecule has 1 heterocycles. The third kappa shape index (κ3) is 4.17. The summed E-state index contributed by atoms with van der Waals surface area (Å²) in [5.74, 6) is -0.725. The van der Waals surface area contributed by atoms with Gasteiger partial charge in [0, 0.05) is 10.0 Å². The van der Waals surface area contributed by atoms with E-state index in [4.69, 9.17) is 10.00 Å². The van der Waals surface area contributed by atoms with E-state index in [0.29, 0.717) is 5.82 Å². The second-order valence-electron chi connectivity index (χ2n) is 4.42. The number of carbonyl (C=O) groups excluding carboxylic acids is 2. The molecule has 8 heteroatoms. The number of esters is 1. The Morgan fingerprint density at radius 1 is 1.39 bits per heavy atom. The number of aromatic amines is 1. The molecule has 0 aliphatic rings. The van der Waals surface area contributed by atoms with Crippen molar-refractivity contribution in [2.75, 3.05) is 11.9 Å². The Morgan fingerprint density at radius 2 is 2.09 bits per heavy atom. The minimum absolute atomic E-state index is 0.0380. The average Bonchev–Trinajstić information content (AvgIpc) is 2.92. The summed E-state index contributed by atoms with van der Waals surface area (Å²) in [7, 11) is 0. The molecular weight excluding hydrogens is 364 g/mol. The van der Waals surface area contributed by atoms with Gasteiger partial charge in [0.15, 0.2) is 11.5 Å². The fourth-order valence-electron chi connectivity index (χ4n) is 1.81. The van der Waals surface area contributed by atoms with Gasteiger partial charge in [0.25, 0.3) is 0 Å². The highest BCUT2D eigenvalue weighted by Gasteiger charge is 2.20. The predicted molar refractivity (Wildman–Crippen MR) is 86.5 cm³/mol. The molecule has 1 amide bonds. The fraction of sp³-hybridized carbons (Fsp3) is 0.200. The van der Waals surface area contributed by atoms with Gasteiger partial charge in [0.2, 0.25) is 5.91 Å². The van der Waals surface area contributed by atoms with Gasteiger partial charge in [-0.2, -0.15) is 5.26 Å². The minimum Gasteiger partial charge on any atom is -0.461 e. The van der Waals surface area contributed by atoms with Gasteiger partial charge < -0.3 is 15.0 Å². The van der Waals surface area contributed by atoms with Crippen LogP contribution in [0.3, 0.4) is 0 Å². The number of benzene rings is 1. The molecule has 0 fully saturated rings. The number of hydrogen-bond acceptors (Lipinski definition) is 5. The molecule has 0 saturated heterocycles. The van der Waals surface area contributed by atoms with Gasteiger partial charge in [0.05, 0.1) is 12.7 Å². The van der Waals surface area contributed by atoms with Gasteiger partial charge in [-0.3, -0.25) is 4.79 Å². The first-order chi connectivity index (χ1) is 11.0. The van der Waals surface area contributed by atoms with E-state index in [9.17, 15) is 9.59 Å². The topological polar surface area (TPSA) is 108 Å². The highest BCUT2D eigenvalue weighted by molar-refractivity contribution is 9.10. The van der Waals surface area contributed by atoms with E-state index in [1.807, 2.05) is 12.1 Å². The van der Waals surface area contributed by atoms with Crippen molar-refractivity contribution >= 4 is 33.6 Å². The van der Waals surface area contributed by atoms with Crippen LogP contribution in [-0.2, 0) is 9.53 Å². The normalized spacial score (nSPS) is 9.96. The van der Waals surface area contributed by atoms with E-state index in [0.717, 1.165) is 10.0 Å². The van der Waals surface area contributed by atoms with E-state index in [2.05, 4.69) is 31.2 Å². The van der Waals surface area contributed by atoms with Crippen molar-refractivity contribution < 1.29 is 14.3 Å². The van der Waals surface area contributed by atoms with Crippen LogP contribution in [0.15, 0.2) is 28.7 Å². The lowest BCUT2D eigenvalue weighted by molar-refractivity contribution is -0.115. The zero-order chi connectivity index (χ0) is 16.8. The molecule has 2 rings (SSSR count). The summed E-state index contributed by atoms with van der Waals surface area (Å²) in [5, 5.41) is 11.0. The highest BCUT2D eigenvalue weighted by Crippen LogP contribution is 2.23. The van der Waals surface area contributed by atoms with E-state index in [-0.39, 0.29) is 24.5 Å². The number of amides is 1. The molecule has 0 saturated carbocycles. The van der Waals surface area contributed by atoms with Gasteiger partial charge in [-0.25, -0.2) is 9.78 Å². The second kappa shape index (κ2) is 7.56. The molecule has 0 unspecified atom stereocenters. The van der Waals surface area contributed by atoms with Crippen LogP contribution in [0.1, 0.15) is 23.8 Å². The standard InChI is InChI=1S/C15H13BrN4O3/c1-2-23-15(22)12-14(18-11(21)7-8-17)20-13(19-12)9-3-5-10(16)6-4-9/h3-6H,2,7H2,1H3,(H,18,21)(H,19,20). The lowest BCUT2D eigenvalue weighted by atomic mass is 10.2. The summed E-state index contributed by atoms with van der Waals surface area (Å²) in [4.78, 5) is 30.6. The second-order valence-corrected chi connectivity index (χ2v) is 5.34. The largest absolute Gasteiger partial charge is 0.461 e. The number of ether oxygens (including phenoxy) is 1. The van der Waals surface area contributed by atoms with Gasteiger partial charge in [0.1, 0.15) is 12.2 Å². The van der Waals surface area contributed by atoms with Crippen LogP contribution in [0, 0.1) is 11.3 Å². The summed E-state index contributed by atoms with van der Waals surface area (Å²) in [5.41, 5.74) is 0.774. The van der Waals surface area contributed by atoms with E-state index in [1.54, 1.807) is 25.1 Å². The number of rotatable bonds is 5. The Labute approximate surface area is 140 Å². The number of aromatic nitrogens is 2. The summed E-state index contributed by atoms with van der Waals surface area (Å²) >= 11 is 3.34. The van der Waals surface area contributed by atoms with Crippen molar-refractivity contribution in [3.8, 4) is 17.5 Å². The van der Waals surface area contributed by atoms with Crippen LogP contribution < -0.4 is 5.32 Å². The zero-order valence-corrected chi connectivity index (χ0v) is 13.8. The van der Waals surface area contributed by atoms with E-state index >= 15 is 0 Å². The molecule has 0 atom stereocenters. The lowest BCUT2D eigenvalue weighted by Crippen LogP contribution is -2.15. The summed E-state index contributed by atoms with van der Waals surface area (Å²) < 4.78 is 5.85. The van der Waals surface area contributed by atoms with Crippen LogP contribution in [0.4, 0.5) is 5.82 Å². The predicted octanol–water partition coefficient (Wildman–Crippen LogP) is 2.87. The number of imidazole rings is 1. The Hall–Kier alpha value is -2.66. The van der Waals surface area contributed by atoms with Crippen molar-refractivity contribution in [3.63, 3.8) is 0 Å². The molecule has 2 N–H and O–H groups in total. The quantitative estimate of drug-likeness (QED) is 0.779. The van der Waals surface area contributed by atoms with Crippen molar-refractivity contribution in [2.45, 2.75) is 13.3 Å². The Balaban J connectivity index is 2.38. The number of nitrogens with one attached hydrogen (secondary N) is 2. The first-order valence-electron chi connectivity index (χ1n) is 6.75. The number of nitriles is 1. The van der Waals surface area contributed by atoms with Crippen molar-refractivity contribution in [2.24, 2.45) is 0 Å². The van der Waals surface area contributed by atoms with Gasteiger partial charge >= 0.3 is 5.97 Å².